The number of nitrogens with zero attached hydrogens (tertiary/aromatic N) is 1. The molecule has 1 aliphatic rings. The molecule has 1 saturated carbocycles. The minimum Gasteiger partial charge on any atom is -0.334 e. The zero-order valence-corrected chi connectivity index (χ0v) is 12.1. The predicted octanol–water partition coefficient (Wildman–Crippen LogP) is 2.83. The Morgan fingerprint density at radius 1 is 1.37 bits per heavy atom. The van der Waals surface area contributed by atoms with E-state index in [0.29, 0.717) is 19.1 Å². The molecule has 1 N–H and O–H groups in total. The van der Waals surface area contributed by atoms with E-state index in [2.05, 4.69) is 5.32 Å². The van der Waals surface area contributed by atoms with Gasteiger partial charge in [-0.3, -0.25) is 4.79 Å². The van der Waals surface area contributed by atoms with E-state index in [9.17, 15) is 4.79 Å². The first-order valence-corrected chi connectivity index (χ1v) is 7.27. The predicted molar refractivity (Wildman–Crippen MR) is 78.2 cm³/mol. The Morgan fingerprint density at radius 2 is 2.05 bits per heavy atom. The summed E-state index contributed by atoms with van der Waals surface area (Å²) in [6.07, 6.45) is 4.66. The summed E-state index contributed by atoms with van der Waals surface area (Å²) in [5, 5.41) is 3.69. The molecular weight excluding hydrogens is 260 g/mol. The number of amides is 1. The Balaban J connectivity index is 2.13. The Kier molecular flexibility index (Phi) is 5.23. The fourth-order valence-electron chi connectivity index (χ4n) is 2.70. The number of nitrogens with one attached hydrogen (secondary N) is 1. The zero-order valence-electron chi connectivity index (χ0n) is 11.4. The molecule has 0 heterocycles. The molecule has 1 fully saturated rings. The lowest BCUT2D eigenvalue weighted by molar-refractivity contribution is -0.133. The van der Waals surface area contributed by atoms with Gasteiger partial charge in [0.05, 0.1) is 6.54 Å². The molecular formula is C15H21ClN2O. The van der Waals surface area contributed by atoms with Gasteiger partial charge < -0.3 is 10.2 Å². The number of carbonyl (C=O) groups excluding carboxylic acids is 1. The molecule has 104 valence electrons. The molecule has 1 aromatic rings. The Morgan fingerprint density at radius 3 is 2.68 bits per heavy atom. The molecule has 0 atom stereocenters. The summed E-state index contributed by atoms with van der Waals surface area (Å²) in [4.78, 5) is 14.3. The van der Waals surface area contributed by atoms with E-state index in [-0.39, 0.29) is 5.91 Å². The molecule has 4 heteroatoms. The summed E-state index contributed by atoms with van der Waals surface area (Å²) in [5.41, 5.74) is 1.03. The van der Waals surface area contributed by atoms with Crippen LogP contribution in [-0.4, -0.2) is 30.4 Å². The van der Waals surface area contributed by atoms with Gasteiger partial charge in [-0.15, -0.1) is 0 Å². The van der Waals surface area contributed by atoms with Crippen LogP contribution >= 0.6 is 11.6 Å². The maximum Gasteiger partial charge on any atom is 0.237 e. The molecule has 0 bridgehead atoms. The van der Waals surface area contributed by atoms with Crippen LogP contribution in [-0.2, 0) is 11.3 Å². The molecule has 2 rings (SSSR count). The molecule has 0 aliphatic heterocycles. The lowest BCUT2D eigenvalue weighted by Crippen LogP contribution is -2.42. The minimum absolute atomic E-state index is 0.161. The fourth-order valence-corrected chi connectivity index (χ4v) is 2.90. The van der Waals surface area contributed by atoms with Crippen LogP contribution in [0.2, 0.25) is 5.02 Å². The van der Waals surface area contributed by atoms with Crippen LogP contribution in [0.5, 0.6) is 0 Å². The van der Waals surface area contributed by atoms with Crippen molar-refractivity contribution in [2.24, 2.45) is 0 Å². The lowest BCUT2D eigenvalue weighted by atomic mass is 10.1. The van der Waals surface area contributed by atoms with Gasteiger partial charge in [-0.05, 0) is 31.5 Å². The van der Waals surface area contributed by atoms with Gasteiger partial charge in [-0.2, -0.15) is 0 Å². The van der Waals surface area contributed by atoms with E-state index in [1.165, 1.54) is 12.8 Å². The van der Waals surface area contributed by atoms with E-state index in [1.54, 1.807) is 7.05 Å². The SMILES string of the molecule is CNCC(=O)N(Cc1ccccc1Cl)C1CCCC1. The topological polar surface area (TPSA) is 32.3 Å². The van der Waals surface area contributed by atoms with E-state index in [4.69, 9.17) is 11.6 Å². The maximum atomic E-state index is 12.3. The zero-order chi connectivity index (χ0) is 13.7. The monoisotopic (exact) mass is 280 g/mol. The molecule has 0 unspecified atom stereocenters. The molecule has 0 aromatic heterocycles. The van der Waals surface area contributed by atoms with E-state index < -0.39 is 0 Å². The summed E-state index contributed by atoms with van der Waals surface area (Å²) in [7, 11) is 1.81. The van der Waals surface area contributed by atoms with Crippen LogP contribution in [0.3, 0.4) is 0 Å². The van der Waals surface area contributed by atoms with E-state index in [1.807, 2.05) is 29.2 Å². The van der Waals surface area contributed by atoms with Gasteiger partial charge in [0.15, 0.2) is 0 Å². The summed E-state index contributed by atoms with van der Waals surface area (Å²) in [6.45, 7) is 1.01. The third-order valence-corrected chi connectivity index (χ3v) is 4.08. The Hall–Kier alpha value is -1.06. The van der Waals surface area contributed by atoms with Gasteiger partial charge >= 0.3 is 0 Å². The third kappa shape index (κ3) is 3.71. The van der Waals surface area contributed by atoms with E-state index >= 15 is 0 Å². The summed E-state index contributed by atoms with van der Waals surface area (Å²) in [5.74, 6) is 0.161. The van der Waals surface area contributed by atoms with Crippen molar-refractivity contribution in [3.63, 3.8) is 0 Å². The third-order valence-electron chi connectivity index (χ3n) is 3.71. The number of benzene rings is 1. The van der Waals surface area contributed by atoms with Crippen LogP contribution in [0.25, 0.3) is 0 Å². The van der Waals surface area contributed by atoms with Crippen molar-refractivity contribution < 1.29 is 4.79 Å². The standard InChI is InChI=1S/C15H21ClN2O/c1-17-10-15(19)18(13-7-3-4-8-13)11-12-6-2-5-9-14(12)16/h2,5-6,9,13,17H,3-4,7-8,10-11H2,1H3. The van der Waals surface area contributed by atoms with Gasteiger partial charge in [-0.1, -0.05) is 42.6 Å². The molecule has 1 amide bonds. The van der Waals surface area contributed by atoms with Gasteiger partial charge in [-0.25, -0.2) is 0 Å². The van der Waals surface area contributed by atoms with E-state index in [0.717, 1.165) is 23.4 Å². The molecule has 0 saturated heterocycles. The number of carbonyl (C=O) groups is 1. The molecule has 0 spiro atoms. The first kappa shape index (κ1) is 14.4. The Labute approximate surface area is 119 Å². The summed E-state index contributed by atoms with van der Waals surface area (Å²) < 4.78 is 0. The van der Waals surface area contributed by atoms with Crippen molar-refractivity contribution in [3.8, 4) is 0 Å². The largest absolute Gasteiger partial charge is 0.334 e. The summed E-state index contributed by atoms with van der Waals surface area (Å²) >= 11 is 6.20. The molecule has 1 aliphatic carbocycles. The number of rotatable bonds is 5. The van der Waals surface area contributed by atoms with Crippen molar-refractivity contribution in [1.29, 1.82) is 0 Å². The van der Waals surface area contributed by atoms with Crippen molar-refractivity contribution in [1.82, 2.24) is 10.2 Å². The maximum absolute atomic E-state index is 12.3. The van der Waals surface area contributed by atoms with Gasteiger partial charge in [0, 0.05) is 17.6 Å². The highest BCUT2D eigenvalue weighted by Crippen LogP contribution is 2.26. The Bertz CT molecular complexity index is 430. The van der Waals surface area contributed by atoms with Crippen molar-refractivity contribution in [3.05, 3.63) is 34.9 Å². The van der Waals surface area contributed by atoms with Gasteiger partial charge in [0.2, 0.25) is 5.91 Å². The smallest absolute Gasteiger partial charge is 0.237 e. The highest BCUT2D eigenvalue weighted by atomic mass is 35.5. The highest BCUT2D eigenvalue weighted by molar-refractivity contribution is 6.31. The van der Waals surface area contributed by atoms with Crippen LogP contribution in [0.4, 0.5) is 0 Å². The first-order valence-electron chi connectivity index (χ1n) is 6.90. The van der Waals surface area contributed by atoms with Crippen molar-refractivity contribution in [2.75, 3.05) is 13.6 Å². The second-order valence-corrected chi connectivity index (χ2v) is 5.49. The van der Waals surface area contributed by atoms with Crippen molar-refractivity contribution >= 4 is 17.5 Å². The minimum atomic E-state index is 0.161. The number of hydrogen-bond donors (Lipinski definition) is 1. The number of likely N-dealkylation sites (N-methyl/N-ethyl adjacent to an activating group) is 1. The average Bonchev–Trinajstić information content (AvgIpc) is 2.91. The fraction of sp³-hybridized carbons (Fsp3) is 0.533. The van der Waals surface area contributed by atoms with Crippen LogP contribution < -0.4 is 5.32 Å². The number of halogens is 1. The van der Waals surface area contributed by atoms with Crippen LogP contribution in [0, 0.1) is 0 Å². The molecule has 0 radical (unpaired) electrons. The quantitative estimate of drug-likeness (QED) is 0.899. The van der Waals surface area contributed by atoms with Gasteiger partial charge in [0.25, 0.3) is 0 Å². The average molecular weight is 281 g/mol. The second kappa shape index (κ2) is 6.92. The van der Waals surface area contributed by atoms with Crippen LogP contribution in [0.1, 0.15) is 31.2 Å². The van der Waals surface area contributed by atoms with Crippen molar-refractivity contribution in [2.45, 2.75) is 38.3 Å². The normalized spacial score (nSPS) is 15.7. The second-order valence-electron chi connectivity index (χ2n) is 5.08. The lowest BCUT2D eigenvalue weighted by Gasteiger charge is -2.29. The highest BCUT2D eigenvalue weighted by Gasteiger charge is 2.26. The van der Waals surface area contributed by atoms with Gasteiger partial charge in [0.1, 0.15) is 0 Å². The first-order chi connectivity index (χ1) is 9.22. The number of hydrogen-bond acceptors (Lipinski definition) is 2. The molecule has 19 heavy (non-hydrogen) atoms. The van der Waals surface area contributed by atoms with Crippen LogP contribution in [0.15, 0.2) is 24.3 Å². The molecule has 3 nitrogen and oxygen atoms in total. The summed E-state index contributed by atoms with van der Waals surface area (Å²) in [6, 6.07) is 8.14. The molecule has 1 aromatic carbocycles.